The van der Waals surface area contributed by atoms with E-state index < -0.39 is 0 Å². The predicted octanol–water partition coefficient (Wildman–Crippen LogP) is 0.934. The highest BCUT2D eigenvalue weighted by molar-refractivity contribution is 5.80. The molecule has 6 heteroatoms. The number of nitrogens with zero attached hydrogens (tertiary/aromatic N) is 3. The highest BCUT2D eigenvalue weighted by Gasteiger charge is 2.07. The summed E-state index contributed by atoms with van der Waals surface area (Å²) >= 11 is 0. The number of hydrogen-bond donors (Lipinski definition) is 2. The van der Waals surface area contributed by atoms with Crippen LogP contribution in [0.25, 0.3) is 0 Å². The van der Waals surface area contributed by atoms with E-state index in [0.717, 1.165) is 30.7 Å². The first-order valence-corrected chi connectivity index (χ1v) is 6.44. The summed E-state index contributed by atoms with van der Waals surface area (Å²) in [5.41, 5.74) is 1.85. The minimum absolute atomic E-state index is 0.0573. The van der Waals surface area contributed by atoms with E-state index in [4.69, 9.17) is 0 Å². The van der Waals surface area contributed by atoms with Crippen LogP contribution in [-0.2, 0) is 17.6 Å². The second kappa shape index (κ2) is 7.58. The first kappa shape index (κ1) is 14.3. The van der Waals surface area contributed by atoms with Crippen molar-refractivity contribution in [1.29, 1.82) is 0 Å². The Labute approximate surface area is 108 Å². The molecule has 0 fully saturated rings. The Morgan fingerprint density at radius 2 is 1.83 bits per heavy atom. The predicted molar refractivity (Wildman–Crippen MR) is 70.4 cm³/mol. The number of nitrogens with one attached hydrogen (secondary N) is 2. The molecule has 1 rings (SSSR count). The Hall–Kier alpha value is -1.72. The van der Waals surface area contributed by atoms with Gasteiger partial charge in [0.1, 0.15) is 0 Å². The molecule has 6 nitrogen and oxygen atoms in total. The molecule has 0 aromatic carbocycles. The van der Waals surface area contributed by atoms with Gasteiger partial charge in [0, 0.05) is 6.54 Å². The van der Waals surface area contributed by atoms with Crippen molar-refractivity contribution in [2.24, 2.45) is 0 Å². The van der Waals surface area contributed by atoms with Crippen molar-refractivity contribution < 1.29 is 4.79 Å². The second-order valence-electron chi connectivity index (χ2n) is 3.94. The topological polar surface area (TPSA) is 79.8 Å². The minimum Gasteiger partial charge on any atom is -0.355 e. The maximum Gasteiger partial charge on any atom is 0.243 e. The maximum absolute atomic E-state index is 11.4. The van der Waals surface area contributed by atoms with Gasteiger partial charge in [0.2, 0.25) is 11.9 Å². The summed E-state index contributed by atoms with van der Waals surface area (Å²) in [7, 11) is 0. The Balaban J connectivity index is 2.55. The van der Waals surface area contributed by atoms with E-state index in [2.05, 4.69) is 25.8 Å². The molecule has 0 atom stereocenters. The monoisotopic (exact) mass is 251 g/mol. The van der Waals surface area contributed by atoms with Crippen LogP contribution in [0.15, 0.2) is 0 Å². The summed E-state index contributed by atoms with van der Waals surface area (Å²) in [4.78, 5) is 15.8. The number of hydrogen-bond acceptors (Lipinski definition) is 5. The lowest BCUT2D eigenvalue weighted by atomic mass is 10.2. The Morgan fingerprint density at radius 1 is 1.11 bits per heavy atom. The van der Waals surface area contributed by atoms with E-state index in [1.165, 1.54) is 0 Å². The molecule has 100 valence electrons. The molecule has 18 heavy (non-hydrogen) atoms. The van der Waals surface area contributed by atoms with E-state index >= 15 is 0 Å². The van der Waals surface area contributed by atoms with Crippen molar-refractivity contribution in [3.8, 4) is 0 Å². The van der Waals surface area contributed by atoms with Crippen LogP contribution in [0.1, 0.15) is 38.6 Å². The van der Waals surface area contributed by atoms with Gasteiger partial charge >= 0.3 is 0 Å². The number of amides is 1. The molecule has 1 aromatic heterocycles. The first-order valence-electron chi connectivity index (χ1n) is 6.44. The molecule has 0 saturated carbocycles. The third kappa shape index (κ3) is 4.27. The van der Waals surface area contributed by atoms with Gasteiger partial charge in [0.15, 0.2) is 0 Å². The summed E-state index contributed by atoms with van der Waals surface area (Å²) in [6.45, 7) is 6.93. The molecule has 0 radical (unpaired) electrons. The number of aromatic nitrogens is 3. The number of anilines is 1. The van der Waals surface area contributed by atoms with Gasteiger partial charge in [-0.25, -0.2) is 4.98 Å². The van der Waals surface area contributed by atoms with Crippen molar-refractivity contribution in [1.82, 2.24) is 20.5 Å². The lowest BCUT2D eigenvalue weighted by Crippen LogP contribution is -2.30. The molecule has 0 saturated heterocycles. The summed E-state index contributed by atoms with van der Waals surface area (Å²) in [5, 5.41) is 13.7. The van der Waals surface area contributed by atoms with Gasteiger partial charge in [0.25, 0.3) is 0 Å². The molecular formula is C12H21N5O. The van der Waals surface area contributed by atoms with E-state index in [-0.39, 0.29) is 12.5 Å². The van der Waals surface area contributed by atoms with Crippen molar-refractivity contribution in [3.63, 3.8) is 0 Å². The van der Waals surface area contributed by atoms with Crippen LogP contribution >= 0.6 is 0 Å². The molecular weight excluding hydrogens is 230 g/mol. The van der Waals surface area contributed by atoms with Crippen molar-refractivity contribution in [2.45, 2.75) is 40.0 Å². The zero-order valence-electron chi connectivity index (χ0n) is 11.3. The first-order chi connectivity index (χ1) is 8.71. The normalized spacial score (nSPS) is 10.2. The number of carbonyl (C=O) groups is 1. The molecule has 1 amide bonds. The molecule has 1 aromatic rings. The summed E-state index contributed by atoms with van der Waals surface area (Å²) in [6.07, 6.45) is 2.56. The third-order valence-electron chi connectivity index (χ3n) is 2.49. The van der Waals surface area contributed by atoms with Crippen molar-refractivity contribution >= 4 is 11.9 Å². The van der Waals surface area contributed by atoms with Gasteiger partial charge in [-0.2, -0.15) is 5.10 Å². The second-order valence-corrected chi connectivity index (χ2v) is 3.94. The quantitative estimate of drug-likeness (QED) is 0.753. The van der Waals surface area contributed by atoms with E-state index in [1.54, 1.807) is 0 Å². The van der Waals surface area contributed by atoms with Crippen LogP contribution in [0.2, 0.25) is 0 Å². The molecule has 0 aliphatic rings. The molecule has 0 spiro atoms. The largest absolute Gasteiger partial charge is 0.355 e. The van der Waals surface area contributed by atoms with Gasteiger partial charge in [-0.05, 0) is 19.3 Å². The Bertz CT molecular complexity index is 394. The van der Waals surface area contributed by atoms with Crippen LogP contribution in [0.3, 0.4) is 0 Å². The molecule has 0 aliphatic carbocycles. The van der Waals surface area contributed by atoms with Crippen molar-refractivity contribution in [3.05, 3.63) is 11.4 Å². The number of aryl methyl sites for hydroxylation is 2. The van der Waals surface area contributed by atoms with E-state index in [1.807, 2.05) is 20.8 Å². The fourth-order valence-corrected chi connectivity index (χ4v) is 1.50. The standard InChI is InChI=1S/C12H21N5O/c1-4-7-13-11(18)8-14-12-15-9(5-2)10(6-3)16-17-12/h4-8H2,1-3H3,(H,13,18)(H,14,15,17). The van der Waals surface area contributed by atoms with Crippen LogP contribution in [0, 0.1) is 0 Å². The van der Waals surface area contributed by atoms with E-state index in [0.29, 0.717) is 12.5 Å². The van der Waals surface area contributed by atoms with Gasteiger partial charge in [-0.1, -0.05) is 20.8 Å². The van der Waals surface area contributed by atoms with Crippen LogP contribution in [0.4, 0.5) is 5.95 Å². The van der Waals surface area contributed by atoms with Gasteiger partial charge in [-0.3, -0.25) is 4.79 Å². The minimum atomic E-state index is -0.0573. The summed E-state index contributed by atoms with van der Waals surface area (Å²) in [6, 6.07) is 0. The third-order valence-corrected chi connectivity index (χ3v) is 2.49. The van der Waals surface area contributed by atoms with Gasteiger partial charge in [0.05, 0.1) is 17.9 Å². The average Bonchev–Trinajstić information content (AvgIpc) is 2.42. The zero-order valence-corrected chi connectivity index (χ0v) is 11.3. The Morgan fingerprint density at radius 3 is 2.44 bits per heavy atom. The molecule has 0 bridgehead atoms. The molecule has 1 heterocycles. The fraction of sp³-hybridized carbons (Fsp3) is 0.667. The highest BCUT2D eigenvalue weighted by atomic mass is 16.1. The maximum atomic E-state index is 11.4. The number of carbonyl (C=O) groups excluding carboxylic acids is 1. The summed E-state index contributed by atoms with van der Waals surface area (Å²) < 4.78 is 0. The summed E-state index contributed by atoms with van der Waals surface area (Å²) in [5.74, 6) is 0.355. The van der Waals surface area contributed by atoms with Gasteiger partial charge < -0.3 is 10.6 Å². The average molecular weight is 251 g/mol. The molecule has 0 aliphatic heterocycles. The molecule has 0 unspecified atom stereocenters. The lowest BCUT2D eigenvalue weighted by Gasteiger charge is -2.07. The van der Waals surface area contributed by atoms with Crippen molar-refractivity contribution in [2.75, 3.05) is 18.4 Å². The van der Waals surface area contributed by atoms with Crippen LogP contribution in [0.5, 0.6) is 0 Å². The van der Waals surface area contributed by atoms with Gasteiger partial charge in [-0.15, -0.1) is 5.10 Å². The SMILES string of the molecule is CCCNC(=O)CNc1nnc(CC)c(CC)n1. The highest BCUT2D eigenvalue weighted by Crippen LogP contribution is 2.06. The van der Waals surface area contributed by atoms with E-state index in [9.17, 15) is 4.79 Å². The molecule has 2 N–H and O–H groups in total. The van der Waals surface area contributed by atoms with Crippen LogP contribution < -0.4 is 10.6 Å². The Kier molecular flexibility index (Phi) is 6.04. The fourth-order valence-electron chi connectivity index (χ4n) is 1.50. The zero-order chi connectivity index (χ0) is 13.4. The smallest absolute Gasteiger partial charge is 0.243 e. The lowest BCUT2D eigenvalue weighted by molar-refractivity contribution is -0.119. The number of rotatable bonds is 7. The van der Waals surface area contributed by atoms with Crippen LogP contribution in [-0.4, -0.2) is 34.2 Å².